The number of ketones is 1. The van der Waals surface area contributed by atoms with Crippen LogP contribution in [0.25, 0.3) is 10.2 Å². The standard InChI is InChI=1S/C27H23N3O6S/c1-15-22-25(37-23(15)27(34)35-11-10-17-6-4-3-5-7-17)28-14-30(26(22)33)13-20(31)18-8-9-21-19(12-18)29-24(32)16(2)36-21/h3-9,12,14,16H,10-11,13H2,1-2H3,(H,29,32). The first-order chi connectivity index (χ1) is 17.8. The largest absolute Gasteiger partial charge is 0.479 e. The number of hydrogen-bond acceptors (Lipinski definition) is 8. The number of Topliss-reactive ketones (excluding diaryl/α,β-unsaturated/α-hetero) is 1. The molecule has 5 rings (SSSR count). The van der Waals surface area contributed by atoms with E-state index in [1.807, 2.05) is 30.3 Å². The molecule has 0 saturated heterocycles. The molecule has 1 amide bonds. The first kappa shape index (κ1) is 24.4. The Balaban J connectivity index is 1.33. The van der Waals surface area contributed by atoms with Crippen LogP contribution in [-0.4, -0.2) is 39.9 Å². The number of anilines is 1. The molecule has 1 aliphatic heterocycles. The van der Waals surface area contributed by atoms with Gasteiger partial charge in [0, 0.05) is 12.0 Å². The van der Waals surface area contributed by atoms with Gasteiger partial charge < -0.3 is 14.8 Å². The molecule has 3 heterocycles. The van der Waals surface area contributed by atoms with Crippen LogP contribution >= 0.6 is 11.3 Å². The molecule has 1 N–H and O–H groups in total. The molecular weight excluding hydrogens is 494 g/mol. The summed E-state index contributed by atoms with van der Waals surface area (Å²) in [7, 11) is 0. The molecule has 4 aromatic rings. The minimum atomic E-state index is -0.620. The topological polar surface area (TPSA) is 117 Å². The Morgan fingerprint density at radius 2 is 1.95 bits per heavy atom. The van der Waals surface area contributed by atoms with Crippen LogP contribution in [0.5, 0.6) is 5.75 Å². The normalized spacial score (nSPS) is 14.5. The third-order valence-electron chi connectivity index (χ3n) is 6.12. The quantitative estimate of drug-likeness (QED) is 0.293. The van der Waals surface area contributed by atoms with E-state index >= 15 is 0 Å². The lowest BCUT2D eigenvalue weighted by Crippen LogP contribution is -2.34. The Morgan fingerprint density at radius 3 is 2.73 bits per heavy atom. The molecule has 188 valence electrons. The summed E-state index contributed by atoms with van der Waals surface area (Å²) in [6.07, 6.45) is 1.26. The minimum absolute atomic E-state index is 0.216. The second-order valence-corrected chi connectivity index (χ2v) is 9.67. The number of amides is 1. The lowest BCUT2D eigenvalue weighted by molar-refractivity contribution is -0.122. The van der Waals surface area contributed by atoms with Gasteiger partial charge >= 0.3 is 5.97 Å². The van der Waals surface area contributed by atoms with Crippen molar-refractivity contribution in [3.63, 3.8) is 0 Å². The van der Waals surface area contributed by atoms with Gasteiger partial charge in [0.2, 0.25) is 0 Å². The molecular formula is C27H23N3O6S. The smallest absolute Gasteiger partial charge is 0.348 e. The number of nitrogens with one attached hydrogen (secondary N) is 1. The number of thiophene rings is 1. The molecule has 0 spiro atoms. The second-order valence-electron chi connectivity index (χ2n) is 8.67. The molecule has 1 atom stereocenters. The van der Waals surface area contributed by atoms with Crippen LogP contribution in [0.15, 0.2) is 59.7 Å². The highest BCUT2D eigenvalue weighted by atomic mass is 32.1. The number of benzene rings is 2. The van der Waals surface area contributed by atoms with E-state index in [4.69, 9.17) is 9.47 Å². The maximum atomic E-state index is 13.2. The number of ether oxygens (including phenoxy) is 2. The van der Waals surface area contributed by atoms with Crippen molar-refractivity contribution in [3.05, 3.63) is 86.8 Å². The number of carbonyl (C=O) groups is 3. The zero-order valence-electron chi connectivity index (χ0n) is 20.1. The summed E-state index contributed by atoms with van der Waals surface area (Å²) in [6, 6.07) is 14.4. The number of hydrogen-bond donors (Lipinski definition) is 1. The fraction of sp³-hybridized carbons (Fsp3) is 0.222. The molecule has 0 bridgehead atoms. The van der Waals surface area contributed by atoms with E-state index in [0.29, 0.717) is 38.7 Å². The number of fused-ring (bicyclic) bond motifs is 2. The first-order valence-electron chi connectivity index (χ1n) is 11.7. The predicted molar refractivity (Wildman–Crippen MR) is 139 cm³/mol. The van der Waals surface area contributed by atoms with Gasteiger partial charge in [-0.05, 0) is 43.2 Å². The summed E-state index contributed by atoms with van der Waals surface area (Å²) >= 11 is 1.09. The van der Waals surface area contributed by atoms with Gasteiger partial charge in [-0.3, -0.25) is 19.0 Å². The highest BCUT2D eigenvalue weighted by Gasteiger charge is 2.25. The van der Waals surface area contributed by atoms with E-state index in [1.165, 1.54) is 17.0 Å². The van der Waals surface area contributed by atoms with Crippen molar-refractivity contribution in [2.45, 2.75) is 32.9 Å². The van der Waals surface area contributed by atoms with Crippen LogP contribution in [-0.2, 0) is 22.5 Å². The van der Waals surface area contributed by atoms with Crippen molar-refractivity contribution in [1.82, 2.24) is 9.55 Å². The van der Waals surface area contributed by atoms with Gasteiger partial charge in [-0.15, -0.1) is 11.3 Å². The number of aryl methyl sites for hydroxylation is 1. The van der Waals surface area contributed by atoms with Crippen molar-refractivity contribution >= 4 is 44.9 Å². The van der Waals surface area contributed by atoms with Crippen molar-refractivity contribution in [3.8, 4) is 5.75 Å². The highest BCUT2D eigenvalue weighted by molar-refractivity contribution is 7.20. The third-order valence-corrected chi connectivity index (χ3v) is 7.30. The predicted octanol–water partition coefficient (Wildman–Crippen LogP) is 3.77. The van der Waals surface area contributed by atoms with E-state index in [9.17, 15) is 19.2 Å². The van der Waals surface area contributed by atoms with Crippen molar-refractivity contribution < 1.29 is 23.9 Å². The molecule has 0 aliphatic carbocycles. The SMILES string of the molecule is Cc1c(C(=O)OCCc2ccccc2)sc2ncn(CC(=O)c3ccc4c(c3)NC(=O)C(C)O4)c(=O)c12. The van der Waals surface area contributed by atoms with Crippen LogP contribution < -0.4 is 15.6 Å². The van der Waals surface area contributed by atoms with E-state index < -0.39 is 17.6 Å². The average Bonchev–Trinajstić information content (AvgIpc) is 3.23. The average molecular weight is 518 g/mol. The summed E-state index contributed by atoms with van der Waals surface area (Å²) in [4.78, 5) is 55.8. The molecule has 2 aromatic heterocycles. The third kappa shape index (κ3) is 4.88. The number of nitrogens with zero attached hydrogens (tertiary/aromatic N) is 2. The number of esters is 1. The fourth-order valence-corrected chi connectivity index (χ4v) is 5.10. The van der Waals surface area contributed by atoms with Crippen LogP contribution in [0.3, 0.4) is 0 Å². The van der Waals surface area contributed by atoms with E-state index in [2.05, 4.69) is 10.3 Å². The van der Waals surface area contributed by atoms with E-state index in [-0.39, 0.29) is 30.2 Å². The number of rotatable bonds is 7. The fourth-order valence-electron chi connectivity index (χ4n) is 4.07. The van der Waals surface area contributed by atoms with Crippen LogP contribution in [0.1, 0.15) is 38.1 Å². The van der Waals surface area contributed by atoms with Gasteiger partial charge in [0.1, 0.15) is 15.5 Å². The molecule has 1 aliphatic rings. The van der Waals surface area contributed by atoms with Gasteiger partial charge in [-0.25, -0.2) is 9.78 Å². The van der Waals surface area contributed by atoms with Crippen molar-refractivity contribution in [2.24, 2.45) is 0 Å². The zero-order chi connectivity index (χ0) is 26.1. The second kappa shape index (κ2) is 9.98. The van der Waals surface area contributed by atoms with Gasteiger partial charge in [-0.1, -0.05) is 30.3 Å². The molecule has 0 fully saturated rings. The Kier molecular flexibility index (Phi) is 6.58. The Morgan fingerprint density at radius 1 is 1.16 bits per heavy atom. The van der Waals surface area contributed by atoms with Gasteiger partial charge in [0.25, 0.3) is 11.5 Å². The van der Waals surface area contributed by atoms with E-state index in [0.717, 1.165) is 16.9 Å². The summed E-state index contributed by atoms with van der Waals surface area (Å²) in [5.41, 5.74) is 1.83. The maximum absolute atomic E-state index is 13.2. The van der Waals surface area contributed by atoms with Crippen LogP contribution in [0.2, 0.25) is 0 Å². The lowest BCUT2D eigenvalue weighted by atomic mass is 10.1. The van der Waals surface area contributed by atoms with Gasteiger partial charge in [-0.2, -0.15) is 0 Å². The Bertz CT molecular complexity index is 1590. The van der Waals surface area contributed by atoms with Crippen LogP contribution in [0.4, 0.5) is 5.69 Å². The minimum Gasteiger partial charge on any atom is -0.479 e. The van der Waals surface area contributed by atoms with Crippen molar-refractivity contribution in [1.29, 1.82) is 0 Å². The Labute approximate surface area is 215 Å². The monoisotopic (exact) mass is 517 g/mol. The van der Waals surface area contributed by atoms with Gasteiger partial charge in [0.05, 0.1) is 30.6 Å². The summed E-state index contributed by atoms with van der Waals surface area (Å²) < 4.78 is 12.2. The molecule has 9 nitrogen and oxygen atoms in total. The molecule has 1 unspecified atom stereocenters. The first-order valence-corrected chi connectivity index (χ1v) is 12.5. The maximum Gasteiger partial charge on any atom is 0.348 e. The van der Waals surface area contributed by atoms with E-state index in [1.54, 1.807) is 26.0 Å². The molecule has 10 heteroatoms. The van der Waals surface area contributed by atoms with Gasteiger partial charge in [0.15, 0.2) is 11.9 Å². The summed E-state index contributed by atoms with van der Waals surface area (Å²) in [5.74, 6) is -0.676. The molecule has 0 radical (unpaired) electrons. The number of carbonyl (C=O) groups excluding carboxylic acids is 3. The zero-order valence-corrected chi connectivity index (χ0v) is 21.0. The highest BCUT2D eigenvalue weighted by Crippen LogP contribution is 2.31. The lowest BCUT2D eigenvalue weighted by Gasteiger charge is -2.23. The summed E-state index contributed by atoms with van der Waals surface area (Å²) in [5, 5.41) is 3.00. The summed E-state index contributed by atoms with van der Waals surface area (Å²) in [6.45, 7) is 3.27. The van der Waals surface area contributed by atoms with Crippen LogP contribution in [0, 0.1) is 6.92 Å². The molecule has 37 heavy (non-hydrogen) atoms. The number of aromatic nitrogens is 2. The molecule has 2 aromatic carbocycles. The molecule has 0 saturated carbocycles. The Hall–Kier alpha value is -4.31. The van der Waals surface area contributed by atoms with Crippen molar-refractivity contribution in [2.75, 3.05) is 11.9 Å².